The largest absolute Gasteiger partial charge is 0.496 e. The smallest absolute Gasteiger partial charge is 0.258 e. The van der Waals surface area contributed by atoms with Gasteiger partial charge in [-0.05, 0) is 25.1 Å². The van der Waals surface area contributed by atoms with Crippen LogP contribution in [0.5, 0.6) is 11.5 Å². The SMILES string of the molecule is COc1ccccc1C(C)NC(=O)COc1ccccc1C#N. The van der Waals surface area contributed by atoms with E-state index in [1.807, 2.05) is 37.3 Å². The number of hydrogen-bond donors (Lipinski definition) is 1. The van der Waals surface area contributed by atoms with E-state index in [2.05, 4.69) is 5.32 Å². The van der Waals surface area contributed by atoms with E-state index in [9.17, 15) is 4.79 Å². The maximum Gasteiger partial charge on any atom is 0.258 e. The van der Waals surface area contributed by atoms with Crippen molar-refractivity contribution in [1.29, 1.82) is 5.26 Å². The Morgan fingerprint density at radius 3 is 2.52 bits per heavy atom. The third-order valence-corrected chi connectivity index (χ3v) is 3.35. The molecular formula is C18H18N2O3. The van der Waals surface area contributed by atoms with Gasteiger partial charge in [0, 0.05) is 5.56 Å². The van der Waals surface area contributed by atoms with E-state index < -0.39 is 0 Å². The number of amides is 1. The molecule has 5 nitrogen and oxygen atoms in total. The van der Waals surface area contributed by atoms with Crippen LogP contribution in [0.4, 0.5) is 0 Å². The summed E-state index contributed by atoms with van der Waals surface area (Å²) in [6.07, 6.45) is 0. The number of carbonyl (C=O) groups excluding carboxylic acids is 1. The van der Waals surface area contributed by atoms with Crippen LogP contribution in [-0.2, 0) is 4.79 Å². The first-order valence-corrected chi connectivity index (χ1v) is 7.20. The zero-order valence-corrected chi connectivity index (χ0v) is 13.1. The van der Waals surface area contributed by atoms with Crippen molar-refractivity contribution < 1.29 is 14.3 Å². The van der Waals surface area contributed by atoms with E-state index in [0.717, 1.165) is 11.3 Å². The van der Waals surface area contributed by atoms with E-state index in [1.165, 1.54) is 0 Å². The number of nitrogens with one attached hydrogen (secondary N) is 1. The second kappa shape index (κ2) is 7.85. The summed E-state index contributed by atoms with van der Waals surface area (Å²) >= 11 is 0. The molecule has 0 spiro atoms. The van der Waals surface area contributed by atoms with Crippen LogP contribution in [0.15, 0.2) is 48.5 Å². The molecule has 0 bridgehead atoms. The predicted octanol–water partition coefficient (Wildman–Crippen LogP) is 2.82. The van der Waals surface area contributed by atoms with Gasteiger partial charge in [-0.15, -0.1) is 0 Å². The van der Waals surface area contributed by atoms with Gasteiger partial charge in [0.05, 0.1) is 18.7 Å². The molecule has 2 aromatic carbocycles. The van der Waals surface area contributed by atoms with Crippen molar-refractivity contribution in [2.75, 3.05) is 13.7 Å². The summed E-state index contributed by atoms with van der Waals surface area (Å²) in [7, 11) is 1.59. The number of benzene rings is 2. The summed E-state index contributed by atoms with van der Waals surface area (Å²) in [5.41, 5.74) is 1.29. The molecule has 0 saturated heterocycles. The zero-order chi connectivity index (χ0) is 16.7. The molecule has 2 rings (SSSR count). The summed E-state index contributed by atoms with van der Waals surface area (Å²) in [6, 6.07) is 16.1. The second-order valence-corrected chi connectivity index (χ2v) is 4.93. The molecule has 23 heavy (non-hydrogen) atoms. The van der Waals surface area contributed by atoms with Crippen LogP contribution in [-0.4, -0.2) is 19.6 Å². The number of para-hydroxylation sites is 2. The van der Waals surface area contributed by atoms with Gasteiger partial charge in [-0.25, -0.2) is 0 Å². The number of nitriles is 1. The fraction of sp³-hybridized carbons (Fsp3) is 0.222. The highest BCUT2D eigenvalue weighted by molar-refractivity contribution is 5.78. The minimum atomic E-state index is -0.267. The summed E-state index contributed by atoms with van der Waals surface area (Å²) in [4.78, 5) is 12.0. The lowest BCUT2D eigenvalue weighted by molar-refractivity contribution is -0.123. The maximum absolute atomic E-state index is 12.0. The Labute approximate surface area is 135 Å². The number of nitrogens with zero attached hydrogens (tertiary/aromatic N) is 1. The van der Waals surface area contributed by atoms with E-state index in [1.54, 1.807) is 31.4 Å². The molecule has 0 radical (unpaired) electrons. The molecule has 0 saturated carbocycles. The van der Waals surface area contributed by atoms with Gasteiger partial charge >= 0.3 is 0 Å². The van der Waals surface area contributed by atoms with Crippen LogP contribution < -0.4 is 14.8 Å². The van der Waals surface area contributed by atoms with Crippen molar-refractivity contribution in [2.24, 2.45) is 0 Å². The van der Waals surface area contributed by atoms with Crippen LogP contribution >= 0.6 is 0 Å². The molecule has 2 aromatic rings. The van der Waals surface area contributed by atoms with Crippen LogP contribution in [0.3, 0.4) is 0 Å². The fourth-order valence-corrected chi connectivity index (χ4v) is 2.21. The van der Waals surface area contributed by atoms with Gasteiger partial charge in [0.25, 0.3) is 5.91 Å². The summed E-state index contributed by atoms with van der Waals surface area (Å²) < 4.78 is 10.7. The van der Waals surface area contributed by atoms with Crippen LogP contribution in [0, 0.1) is 11.3 Å². The Morgan fingerprint density at radius 2 is 1.83 bits per heavy atom. The first kappa shape index (κ1) is 16.4. The topological polar surface area (TPSA) is 71.3 Å². The summed E-state index contributed by atoms with van der Waals surface area (Å²) in [5.74, 6) is 0.849. The molecule has 0 aliphatic carbocycles. The van der Waals surface area contributed by atoms with E-state index in [-0.39, 0.29) is 18.6 Å². The Bertz CT molecular complexity index is 722. The predicted molar refractivity (Wildman–Crippen MR) is 86.2 cm³/mol. The third-order valence-electron chi connectivity index (χ3n) is 3.35. The highest BCUT2D eigenvalue weighted by Gasteiger charge is 2.14. The summed E-state index contributed by atoms with van der Waals surface area (Å²) in [5, 5.41) is 11.8. The first-order valence-electron chi connectivity index (χ1n) is 7.20. The van der Waals surface area contributed by atoms with Crippen molar-refractivity contribution in [3.05, 3.63) is 59.7 Å². The van der Waals surface area contributed by atoms with E-state index >= 15 is 0 Å². The van der Waals surface area contributed by atoms with Crippen molar-refractivity contribution >= 4 is 5.91 Å². The Kier molecular flexibility index (Phi) is 5.59. The van der Waals surface area contributed by atoms with Gasteiger partial charge in [0.2, 0.25) is 0 Å². The van der Waals surface area contributed by atoms with Gasteiger partial charge in [-0.2, -0.15) is 5.26 Å². The lowest BCUT2D eigenvalue weighted by Crippen LogP contribution is -2.31. The van der Waals surface area contributed by atoms with Gasteiger partial charge in [-0.3, -0.25) is 4.79 Å². The quantitative estimate of drug-likeness (QED) is 0.890. The Balaban J connectivity index is 1.96. The molecule has 1 unspecified atom stereocenters. The lowest BCUT2D eigenvalue weighted by atomic mass is 10.1. The molecule has 0 aliphatic rings. The molecule has 1 N–H and O–H groups in total. The fourth-order valence-electron chi connectivity index (χ4n) is 2.21. The number of ether oxygens (including phenoxy) is 2. The van der Waals surface area contributed by atoms with Crippen molar-refractivity contribution in [3.63, 3.8) is 0 Å². The number of hydrogen-bond acceptors (Lipinski definition) is 4. The normalized spacial score (nSPS) is 11.2. The second-order valence-electron chi connectivity index (χ2n) is 4.93. The average molecular weight is 310 g/mol. The molecule has 5 heteroatoms. The molecule has 0 heterocycles. The number of carbonyl (C=O) groups is 1. The van der Waals surface area contributed by atoms with Crippen molar-refractivity contribution in [3.8, 4) is 17.6 Å². The highest BCUT2D eigenvalue weighted by Crippen LogP contribution is 2.24. The van der Waals surface area contributed by atoms with Gasteiger partial charge in [0.1, 0.15) is 17.6 Å². The standard InChI is InChI=1S/C18H18N2O3/c1-13(15-8-4-6-10-17(15)22-2)20-18(21)12-23-16-9-5-3-7-14(16)11-19/h3-10,13H,12H2,1-2H3,(H,20,21). The average Bonchev–Trinajstić information content (AvgIpc) is 2.60. The van der Waals surface area contributed by atoms with E-state index in [4.69, 9.17) is 14.7 Å². The molecular weight excluding hydrogens is 292 g/mol. The zero-order valence-electron chi connectivity index (χ0n) is 13.1. The van der Waals surface area contributed by atoms with E-state index in [0.29, 0.717) is 11.3 Å². The molecule has 0 fully saturated rings. The minimum Gasteiger partial charge on any atom is -0.496 e. The minimum absolute atomic E-state index is 0.155. The van der Waals surface area contributed by atoms with Crippen LogP contribution in [0.1, 0.15) is 24.1 Å². The molecule has 0 aromatic heterocycles. The molecule has 1 atom stereocenters. The first-order chi connectivity index (χ1) is 11.2. The highest BCUT2D eigenvalue weighted by atomic mass is 16.5. The maximum atomic E-state index is 12.0. The summed E-state index contributed by atoms with van der Waals surface area (Å²) in [6.45, 7) is 1.72. The van der Waals surface area contributed by atoms with Crippen molar-refractivity contribution in [2.45, 2.75) is 13.0 Å². The van der Waals surface area contributed by atoms with Gasteiger partial charge < -0.3 is 14.8 Å². The Morgan fingerprint density at radius 1 is 1.17 bits per heavy atom. The van der Waals surface area contributed by atoms with Crippen LogP contribution in [0.2, 0.25) is 0 Å². The number of rotatable bonds is 6. The van der Waals surface area contributed by atoms with Crippen LogP contribution in [0.25, 0.3) is 0 Å². The molecule has 1 amide bonds. The molecule has 118 valence electrons. The van der Waals surface area contributed by atoms with Gasteiger partial charge in [0.15, 0.2) is 6.61 Å². The lowest BCUT2D eigenvalue weighted by Gasteiger charge is -2.17. The monoisotopic (exact) mass is 310 g/mol. The molecule has 0 aliphatic heterocycles. The third kappa shape index (κ3) is 4.24. The Hall–Kier alpha value is -3.00. The number of methoxy groups -OCH3 is 1. The van der Waals surface area contributed by atoms with Gasteiger partial charge in [-0.1, -0.05) is 30.3 Å². The van der Waals surface area contributed by atoms with Crippen molar-refractivity contribution in [1.82, 2.24) is 5.32 Å².